The van der Waals surface area contributed by atoms with Crippen LogP contribution >= 0.6 is 0 Å². The number of carbonyl (C=O) groups is 1. The van der Waals surface area contributed by atoms with Gasteiger partial charge in [0.1, 0.15) is 0 Å². The summed E-state index contributed by atoms with van der Waals surface area (Å²) < 4.78 is 0. The average Bonchev–Trinajstić information content (AvgIpc) is 2.27. The Morgan fingerprint density at radius 2 is 2.07 bits per heavy atom. The lowest BCUT2D eigenvalue weighted by atomic mass is 10.1. The van der Waals surface area contributed by atoms with Crippen LogP contribution in [0.3, 0.4) is 0 Å². The van der Waals surface area contributed by atoms with E-state index in [1.54, 1.807) is 25.1 Å². The highest BCUT2D eigenvalue weighted by Gasteiger charge is 2.08. The first-order chi connectivity index (χ1) is 7.20. The number of anilines is 1. The molecule has 0 saturated heterocycles. The smallest absolute Gasteiger partial charge is 0.223 e. The molecule has 0 unspecified atom stereocenters. The maximum absolute atomic E-state index is 11.3. The third-order valence-electron chi connectivity index (χ3n) is 2.46. The monoisotopic (exact) mass is 200 g/mol. The molecule has 2 rings (SSSR count). The van der Waals surface area contributed by atoms with Gasteiger partial charge in [-0.05, 0) is 24.3 Å². The van der Waals surface area contributed by atoms with Crippen LogP contribution in [0.1, 0.15) is 6.92 Å². The van der Waals surface area contributed by atoms with Crippen molar-refractivity contribution in [3.63, 3.8) is 0 Å². The Hall–Kier alpha value is -1.90. The molecule has 0 aliphatic carbocycles. The molecular weight excluding hydrogens is 188 g/mol. The number of rotatable bonds is 1. The van der Waals surface area contributed by atoms with Crippen LogP contribution in [0.5, 0.6) is 0 Å². The lowest BCUT2D eigenvalue weighted by Crippen LogP contribution is -2.22. The molecule has 0 radical (unpaired) electrons. The van der Waals surface area contributed by atoms with Crippen molar-refractivity contribution in [3.05, 3.63) is 36.5 Å². The highest BCUT2D eigenvalue weighted by atomic mass is 16.2. The van der Waals surface area contributed by atoms with Gasteiger partial charge in [-0.2, -0.15) is 0 Å². The van der Waals surface area contributed by atoms with Crippen molar-refractivity contribution >= 4 is 22.5 Å². The average molecular weight is 200 g/mol. The minimum atomic E-state index is 0.0198. The number of hydrogen-bond acceptors (Lipinski definition) is 2. The molecule has 0 aliphatic rings. The second-order valence-corrected chi connectivity index (χ2v) is 3.43. The van der Waals surface area contributed by atoms with E-state index in [1.807, 2.05) is 30.3 Å². The van der Waals surface area contributed by atoms with E-state index in [-0.39, 0.29) is 5.91 Å². The first kappa shape index (κ1) is 9.65. The first-order valence-electron chi connectivity index (χ1n) is 4.78. The van der Waals surface area contributed by atoms with Gasteiger partial charge >= 0.3 is 0 Å². The SMILES string of the molecule is CC(=O)N(C)c1cccc2ncccc12. The van der Waals surface area contributed by atoms with Gasteiger partial charge in [0.15, 0.2) is 0 Å². The number of hydrogen-bond donors (Lipinski definition) is 0. The van der Waals surface area contributed by atoms with Crippen LogP contribution in [-0.4, -0.2) is 17.9 Å². The summed E-state index contributed by atoms with van der Waals surface area (Å²) in [4.78, 5) is 17.2. The van der Waals surface area contributed by atoms with Crippen LogP contribution in [0.2, 0.25) is 0 Å². The molecular formula is C12H12N2O. The predicted molar refractivity (Wildman–Crippen MR) is 60.8 cm³/mol. The fraction of sp³-hybridized carbons (Fsp3) is 0.167. The second-order valence-electron chi connectivity index (χ2n) is 3.43. The fourth-order valence-corrected chi connectivity index (χ4v) is 1.55. The van der Waals surface area contributed by atoms with Gasteiger partial charge in [0.2, 0.25) is 5.91 Å². The highest BCUT2D eigenvalue weighted by Crippen LogP contribution is 2.24. The Kier molecular flexibility index (Phi) is 2.37. The van der Waals surface area contributed by atoms with Gasteiger partial charge < -0.3 is 4.90 Å². The van der Waals surface area contributed by atoms with E-state index < -0.39 is 0 Å². The molecule has 0 saturated carbocycles. The molecule has 3 heteroatoms. The molecule has 0 fully saturated rings. The Labute approximate surface area is 88.3 Å². The van der Waals surface area contributed by atoms with Crippen LogP contribution in [0.4, 0.5) is 5.69 Å². The van der Waals surface area contributed by atoms with E-state index in [0.717, 1.165) is 16.6 Å². The molecule has 0 bridgehead atoms. The molecule has 1 aromatic heterocycles. The van der Waals surface area contributed by atoms with Crippen LogP contribution < -0.4 is 4.90 Å². The van der Waals surface area contributed by atoms with E-state index in [0.29, 0.717) is 0 Å². The van der Waals surface area contributed by atoms with Crippen molar-refractivity contribution in [2.24, 2.45) is 0 Å². The van der Waals surface area contributed by atoms with E-state index in [1.165, 1.54) is 0 Å². The zero-order valence-electron chi connectivity index (χ0n) is 8.77. The summed E-state index contributed by atoms with van der Waals surface area (Å²) in [6.45, 7) is 1.55. The Morgan fingerprint density at radius 3 is 2.80 bits per heavy atom. The number of fused-ring (bicyclic) bond motifs is 1. The van der Waals surface area contributed by atoms with Crippen molar-refractivity contribution in [1.82, 2.24) is 4.98 Å². The summed E-state index contributed by atoms with van der Waals surface area (Å²) in [5.41, 5.74) is 1.80. The second kappa shape index (κ2) is 3.69. The molecule has 0 spiro atoms. The van der Waals surface area contributed by atoms with Crippen LogP contribution in [0.15, 0.2) is 36.5 Å². The van der Waals surface area contributed by atoms with Gasteiger partial charge in [-0.25, -0.2) is 0 Å². The summed E-state index contributed by atoms with van der Waals surface area (Å²) in [5.74, 6) is 0.0198. The summed E-state index contributed by atoms with van der Waals surface area (Å²) in [5, 5.41) is 0.998. The van der Waals surface area contributed by atoms with E-state index >= 15 is 0 Å². The maximum Gasteiger partial charge on any atom is 0.223 e. The number of pyridine rings is 1. The summed E-state index contributed by atoms with van der Waals surface area (Å²) >= 11 is 0. The molecule has 0 aliphatic heterocycles. The molecule has 15 heavy (non-hydrogen) atoms. The van der Waals surface area contributed by atoms with Gasteiger partial charge in [0, 0.05) is 25.6 Å². The number of benzene rings is 1. The topological polar surface area (TPSA) is 33.2 Å². The Balaban J connectivity index is 2.65. The highest BCUT2D eigenvalue weighted by molar-refractivity contribution is 6.01. The number of aromatic nitrogens is 1. The minimum absolute atomic E-state index is 0.0198. The van der Waals surface area contributed by atoms with E-state index in [2.05, 4.69) is 4.98 Å². The minimum Gasteiger partial charge on any atom is -0.315 e. The third kappa shape index (κ3) is 1.68. The van der Waals surface area contributed by atoms with Crippen molar-refractivity contribution in [2.45, 2.75) is 6.92 Å². The summed E-state index contributed by atoms with van der Waals surface area (Å²) in [6, 6.07) is 9.61. The van der Waals surface area contributed by atoms with Gasteiger partial charge in [0.05, 0.1) is 11.2 Å². The van der Waals surface area contributed by atoms with Gasteiger partial charge in [-0.3, -0.25) is 9.78 Å². The van der Waals surface area contributed by atoms with Gasteiger partial charge in [-0.1, -0.05) is 6.07 Å². The quantitative estimate of drug-likeness (QED) is 0.707. The number of carbonyl (C=O) groups excluding carboxylic acids is 1. The summed E-state index contributed by atoms with van der Waals surface area (Å²) in [6.07, 6.45) is 1.75. The van der Waals surface area contributed by atoms with E-state index in [4.69, 9.17) is 0 Å². The molecule has 2 aromatic rings. The molecule has 1 aromatic carbocycles. The van der Waals surface area contributed by atoms with E-state index in [9.17, 15) is 4.79 Å². The van der Waals surface area contributed by atoms with Crippen LogP contribution in [0.25, 0.3) is 10.9 Å². The molecule has 0 atom stereocenters. The zero-order valence-corrected chi connectivity index (χ0v) is 8.77. The molecule has 1 amide bonds. The van der Waals surface area contributed by atoms with Crippen molar-refractivity contribution < 1.29 is 4.79 Å². The normalized spacial score (nSPS) is 10.3. The predicted octanol–water partition coefficient (Wildman–Crippen LogP) is 2.22. The van der Waals surface area contributed by atoms with Gasteiger partial charge in [0.25, 0.3) is 0 Å². The first-order valence-corrected chi connectivity index (χ1v) is 4.78. The molecule has 1 heterocycles. The third-order valence-corrected chi connectivity index (χ3v) is 2.46. The fourth-order valence-electron chi connectivity index (χ4n) is 1.55. The standard InChI is InChI=1S/C12H12N2O/c1-9(15)14(2)12-7-3-6-11-10(12)5-4-8-13-11/h3-8H,1-2H3. The largest absolute Gasteiger partial charge is 0.315 e. The number of amides is 1. The molecule has 3 nitrogen and oxygen atoms in total. The lowest BCUT2D eigenvalue weighted by molar-refractivity contribution is -0.116. The Morgan fingerprint density at radius 1 is 1.27 bits per heavy atom. The maximum atomic E-state index is 11.3. The number of nitrogens with zero attached hydrogens (tertiary/aromatic N) is 2. The van der Waals surface area contributed by atoms with Crippen molar-refractivity contribution in [3.8, 4) is 0 Å². The van der Waals surface area contributed by atoms with Crippen LogP contribution in [0, 0.1) is 0 Å². The summed E-state index contributed by atoms with van der Waals surface area (Å²) in [7, 11) is 1.77. The lowest BCUT2D eigenvalue weighted by Gasteiger charge is -2.16. The van der Waals surface area contributed by atoms with Gasteiger partial charge in [-0.15, -0.1) is 0 Å². The molecule has 76 valence electrons. The zero-order chi connectivity index (χ0) is 10.8. The Bertz CT molecular complexity index is 502. The van der Waals surface area contributed by atoms with Crippen molar-refractivity contribution in [1.29, 1.82) is 0 Å². The van der Waals surface area contributed by atoms with Crippen LogP contribution in [-0.2, 0) is 4.79 Å². The molecule has 0 N–H and O–H groups in total. The van der Waals surface area contributed by atoms with Crippen molar-refractivity contribution in [2.75, 3.05) is 11.9 Å².